The minimum atomic E-state index is -0.155. The lowest BCUT2D eigenvalue weighted by atomic mass is 10.2. The molecule has 0 spiro atoms. The number of allylic oxidation sites excluding steroid dienone is 1. The lowest BCUT2D eigenvalue weighted by Crippen LogP contribution is -2.20. The first kappa shape index (κ1) is 14.5. The molecule has 0 fully saturated rings. The van der Waals surface area contributed by atoms with Crippen LogP contribution in [-0.2, 0) is 9.59 Å². The van der Waals surface area contributed by atoms with Crippen LogP contribution in [-0.4, -0.2) is 18.4 Å². The number of nitrogens with one attached hydrogen (secondary N) is 2. The van der Waals surface area contributed by atoms with Gasteiger partial charge in [-0.25, -0.2) is 0 Å². The second-order valence-electron chi connectivity index (χ2n) is 3.78. The van der Waals surface area contributed by atoms with Crippen molar-refractivity contribution >= 4 is 17.5 Å². The van der Waals surface area contributed by atoms with Gasteiger partial charge in [0.25, 0.3) is 0 Å². The van der Waals surface area contributed by atoms with Gasteiger partial charge in [0.1, 0.15) is 0 Å². The number of rotatable bonds is 3. The summed E-state index contributed by atoms with van der Waals surface area (Å²) in [5.74, 6) is 5.51. The van der Waals surface area contributed by atoms with Crippen LogP contribution in [0.2, 0.25) is 0 Å². The standard InChI is InChI=1S/C15H16N2O2/c1-3-5-15(19)16-11-4-6-13-7-9-14(10-8-13)17-12(2)18/h3,5,7-10H,11H2,1-2H3,(H,16,19)(H,17,18)/b5-3+. The Labute approximate surface area is 112 Å². The van der Waals surface area contributed by atoms with Crippen LogP contribution in [0.25, 0.3) is 0 Å². The first-order chi connectivity index (χ1) is 9.11. The largest absolute Gasteiger partial charge is 0.342 e. The maximum atomic E-state index is 11.1. The fourth-order valence-corrected chi connectivity index (χ4v) is 1.33. The maximum absolute atomic E-state index is 11.1. The lowest BCUT2D eigenvalue weighted by Gasteiger charge is -2.00. The fraction of sp³-hybridized carbons (Fsp3) is 0.200. The Morgan fingerprint density at radius 2 is 1.95 bits per heavy atom. The van der Waals surface area contributed by atoms with E-state index >= 15 is 0 Å². The second kappa shape index (κ2) is 7.72. The number of hydrogen-bond donors (Lipinski definition) is 2. The van der Waals surface area contributed by atoms with Gasteiger partial charge in [0.05, 0.1) is 6.54 Å². The van der Waals surface area contributed by atoms with Gasteiger partial charge in [-0.05, 0) is 37.3 Å². The monoisotopic (exact) mass is 256 g/mol. The zero-order chi connectivity index (χ0) is 14.1. The second-order valence-corrected chi connectivity index (χ2v) is 3.78. The molecule has 0 aliphatic carbocycles. The van der Waals surface area contributed by atoms with Gasteiger partial charge >= 0.3 is 0 Å². The van der Waals surface area contributed by atoms with E-state index in [2.05, 4.69) is 22.5 Å². The summed E-state index contributed by atoms with van der Waals surface area (Å²) in [6, 6.07) is 7.19. The van der Waals surface area contributed by atoms with E-state index in [0.717, 1.165) is 11.3 Å². The van der Waals surface area contributed by atoms with Crippen LogP contribution >= 0.6 is 0 Å². The summed E-state index contributed by atoms with van der Waals surface area (Å²) in [5.41, 5.74) is 1.56. The van der Waals surface area contributed by atoms with Gasteiger partial charge in [-0.2, -0.15) is 0 Å². The fourth-order valence-electron chi connectivity index (χ4n) is 1.33. The summed E-state index contributed by atoms with van der Waals surface area (Å²) in [7, 11) is 0. The van der Waals surface area contributed by atoms with Gasteiger partial charge < -0.3 is 10.6 Å². The van der Waals surface area contributed by atoms with E-state index in [1.165, 1.54) is 13.0 Å². The molecule has 98 valence electrons. The molecule has 0 bridgehead atoms. The molecule has 0 aromatic heterocycles. The third-order valence-corrected chi connectivity index (χ3v) is 2.11. The van der Waals surface area contributed by atoms with Crippen LogP contribution in [0, 0.1) is 11.8 Å². The zero-order valence-corrected chi connectivity index (χ0v) is 11.0. The molecule has 2 N–H and O–H groups in total. The molecule has 0 radical (unpaired) electrons. The molecule has 0 heterocycles. The molecule has 0 aliphatic rings. The van der Waals surface area contributed by atoms with Crippen molar-refractivity contribution in [1.29, 1.82) is 0 Å². The Kier molecular flexibility index (Phi) is 5.90. The summed E-state index contributed by atoms with van der Waals surface area (Å²) >= 11 is 0. The van der Waals surface area contributed by atoms with Gasteiger partial charge in [-0.15, -0.1) is 0 Å². The van der Waals surface area contributed by atoms with Gasteiger partial charge in [0.15, 0.2) is 0 Å². The van der Waals surface area contributed by atoms with Crippen molar-refractivity contribution < 1.29 is 9.59 Å². The van der Waals surface area contributed by atoms with E-state index in [1.807, 2.05) is 12.1 Å². The number of benzene rings is 1. The van der Waals surface area contributed by atoms with Crippen LogP contribution in [0.5, 0.6) is 0 Å². The highest BCUT2D eigenvalue weighted by Crippen LogP contribution is 2.08. The molecule has 0 atom stereocenters. The van der Waals surface area contributed by atoms with Gasteiger partial charge in [-0.3, -0.25) is 9.59 Å². The molecule has 4 heteroatoms. The predicted molar refractivity (Wildman–Crippen MR) is 75.4 cm³/mol. The number of anilines is 1. The smallest absolute Gasteiger partial charge is 0.244 e. The maximum Gasteiger partial charge on any atom is 0.244 e. The molecule has 0 saturated heterocycles. The Morgan fingerprint density at radius 1 is 1.26 bits per heavy atom. The summed E-state index contributed by atoms with van der Waals surface area (Å²) in [5, 5.41) is 5.31. The van der Waals surface area contributed by atoms with Gasteiger partial charge in [-0.1, -0.05) is 17.9 Å². The van der Waals surface area contributed by atoms with E-state index < -0.39 is 0 Å². The van der Waals surface area contributed by atoms with Crippen LogP contribution in [0.15, 0.2) is 36.4 Å². The Morgan fingerprint density at radius 3 is 2.53 bits per heavy atom. The highest BCUT2D eigenvalue weighted by molar-refractivity contribution is 5.88. The van der Waals surface area contributed by atoms with Crippen molar-refractivity contribution in [1.82, 2.24) is 5.32 Å². The van der Waals surface area contributed by atoms with E-state index in [0.29, 0.717) is 6.54 Å². The van der Waals surface area contributed by atoms with Crippen LogP contribution in [0.4, 0.5) is 5.69 Å². The first-order valence-corrected chi connectivity index (χ1v) is 5.89. The van der Waals surface area contributed by atoms with E-state index in [4.69, 9.17) is 0 Å². The van der Waals surface area contributed by atoms with Crippen molar-refractivity contribution in [2.75, 3.05) is 11.9 Å². The number of hydrogen-bond acceptors (Lipinski definition) is 2. The molecule has 0 unspecified atom stereocenters. The van der Waals surface area contributed by atoms with Crippen molar-refractivity contribution in [2.45, 2.75) is 13.8 Å². The Hall–Kier alpha value is -2.54. The number of carbonyl (C=O) groups excluding carboxylic acids is 2. The minimum Gasteiger partial charge on any atom is -0.342 e. The Bertz CT molecular complexity index is 534. The van der Waals surface area contributed by atoms with Crippen LogP contribution in [0.3, 0.4) is 0 Å². The molecule has 1 rings (SSSR count). The minimum absolute atomic E-state index is 0.106. The molecule has 1 aromatic carbocycles. The summed E-state index contributed by atoms with van der Waals surface area (Å²) in [4.78, 5) is 21.9. The third kappa shape index (κ3) is 6.08. The molecular formula is C15H16N2O2. The van der Waals surface area contributed by atoms with Crippen LogP contribution in [0.1, 0.15) is 19.4 Å². The Balaban J connectivity index is 2.50. The predicted octanol–water partition coefficient (Wildman–Crippen LogP) is 1.69. The molecule has 4 nitrogen and oxygen atoms in total. The van der Waals surface area contributed by atoms with E-state index in [9.17, 15) is 9.59 Å². The zero-order valence-electron chi connectivity index (χ0n) is 11.0. The van der Waals surface area contributed by atoms with Crippen molar-refractivity contribution in [3.05, 3.63) is 42.0 Å². The molecule has 0 saturated carbocycles. The third-order valence-electron chi connectivity index (χ3n) is 2.11. The SMILES string of the molecule is C/C=C/C(=O)NCC#Cc1ccc(NC(C)=O)cc1. The average molecular weight is 256 g/mol. The molecule has 2 amide bonds. The normalized spacial score (nSPS) is 9.58. The van der Waals surface area contributed by atoms with Crippen molar-refractivity contribution in [2.24, 2.45) is 0 Å². The first-order valence-electron chi connectivity index (χ1n) is 5.89. The van der Waals surface area contributed by atoms with Gasteiger partial charge in [0, 0.05) is 18.2 Å². The van der Waals surface area contributed by atoms with Crippen molar-refractivity contribution in [3.8, 4) is 11.8 Å². The number of amides is 2. The van der Waals surface area contributed by atoms with Crippen molar-refractivity contribution in [3.63, 3.8) is 0 Å². The van der Waals surface area contributed by atoms with E-state index in [-0.39, 0.29) is 11.8 Å². The highest BCUT2D eigenvalue weighted by atomic mass is 16.2. The average Bonchev–Trinajstić information content (AvgIpc) is 2.36. The van der Waals surface area contributed by atoms with Crippen LogP contribution < -0.4 is 10.6 Å². The molecule has 1 aromatic rings. The number of carbonyl (C=O) groups is 2. The summed E-state index contributed by atoms with van der Waals surface area (Å²) in [6.45, 7) is 3.54. The molecule has 19 heavy (non-hydrogen) atoms. The summed E-state index contributed by atoms with van der Waals surface area (Å²) in [6.07, 6.45) is 3.12. The summed E-state index contributed by atoms with van der Waals surface area (Å²) < 4.78 is 0. The topological polar surface area (TPSA) is 58.2 Å². The lowest BCUT2D eigenvalue weighted by molar-refractivity contribution is -0.116. The van der Waals surface area contributed by atoms with E-state index in [1.54, 1.807) is 25.1 Å². The molecular weight excluding hydrogens is 240 g/mol. The van der Waals surface area contributed by atoms with Gasteiger partial charge in [0.2, 0.25) is 11.8 Å². The molecule has 0 aliphatic heterocycles. The highest BCUT2D eigenvalue weighted by Gasteiger charge is 1.94. The quantitative estimate of drug-likeness (QED) is 0.638.